The molecule has 0 aliphatic heterocycles. The van der Waals surface area contributed by atoms with Crippen molar-refractivity contribution in [3.05, 3.63) is 89.5 Å². The van der Waals surface area contributed by atoms with Crippen molar-refractivity contribution in [3.63, 3.8) is 0 Å². The van der Waals surface area contributed by atoms with E-state index in [1.807, 2.05) is 55.5 Å². The number of hydrogen-bond donors (Lipinski definition) is 1. The number of hydrogen-bond acceptors (Lipinski definition) is 5. The first-order valence-electron chi connectivity index (χ1n) is 11.2. The summed E-state index contributed by atoms with van der Waals surface area (Å²) in [7, 11) is 0. The predicted octanol–water partition coefficient (Wildman–Crippen LogP) is 5.61. The molecule has 0 heterocycles. The normalized spacial score (nSPS) is 10.7. The molecule has 0 fully saturated rings. The Labute approximate surface area is 195 Å². The summed E-state index contributed by atoms with van der Waals surface area (Å²) >= 11 is 0. The summed E-state index contributed by atoms with van der Waals surface area (Å²) in [5.74, 6) is 1.81. The minimum atomic E-state index is -0.306. The molecule has 1 amide bonds. The van der Waals surface area contributed by atoms with Crippen LogP contribution >= 0.6 is 0 Å². The maximum Gasteiger partial charge on any atom is 0.271 e. The highest BCUT2D eigenvalue weighted by molar-refractivity contribution is 5.95. The van der Waals surface area contributed by atoms with Gasteiger partial charge in [0.2, 0.25) is 0 Å². The number of nitrogens with zero attached hydrogens (tertiary/aromatic N) is 1. The van der Waals surface area contributed by atoms with Crippen molar-refractivity contribution in [1.29, 1.82) is 0 Å². The van der Waals surface area contributed by atoms with Crippen molar-refractivity contribution in [1.82, 2.24) is 5.43 Å². The quantitative estimate of drug-likeness (QED) is 0.290. The Hall–Kier alpha value is -3.80. The van der Waals surface area contributed by atoms with Crippen LogP contribution in [0, 0.1) is 0 Å². The summed E-state index contributed by atoms with van der Waals surface area (Å²) in [6.45, 7) is 5.81. The lowest BCUT2D eigenvalue weighted by atomic mass is 10.2. The monoisotopic (exact) mass is 446 g/mol. The van der Waals surface area contributed by atoms with E-state index < -0.39 is 0 Å². The minimum absolute atomic E-state index is 0.306. The average molecular weight is 447 g/mol. The summed E-state index contributed by atoms with van der Waals surface area (Å²) in [6.07, 6.45) is 3.39. The van der Waals surface area contributed by atoms with Gasteiger partial charge < -0.3 is 14.2 Å². The Morgan fingerprint density at radius 2 is 1.55 bits per heavy atom. The molecule has 6 nitrogen and oxygen atoms in total. The van der Waals surface area contributed by atoms with Gasteiger partial charge in [0, 0.05) is 17.2 Å². The first-order chi connectivity index (χ1) is 16.2. The SMILES string of the molecule is CCCOc1ccc(/C=N\NC(=O)c2ccc(OCc3ccccc3)cc2)c(OCCC)c1. The van der Waals surface area contributed by atoms with E-state index in [0.717, 1.165) is 29.7 Å². The number of ether oxygens (including phenoxy) is 3. The third kappa shape index (κ3) is 7.68. The molecule has 0 bridgehead atoms. The molecule has 0 atom stereocenters. The van der Waals surface area contributed by atoms with Gasteiger partial charge in [0.05, 0.1) is 19.4 Å². The summed E-state index contributed by atoms with van der Waals surface area (Å²) in [5.41, 5.74) is 4.90. The third-order valence-electron chi connectivity index (χ3n) is 4.65. The molecule has 0 aliphatic rings. The number of carbonyl (C=O) groups excluding carboxylic acids is 1. The zero-order valence-corrected chi connectivity index (χ0v) is 19.1. The smallest absolute Gasteiger partial charge is 0.271 e. The Balaban J connectivity index is 1.57. The Morgan fingerprint density at radius 3 is 2.27 bits per heavy atom. The summed E-state index contributed by atoms with van der Waals surface area (Å²) in [4.78, 5) is 12.4. The molecule has 0 aromatic heterocycles. The van der Waals surface area contributed by atoms with E-state index in [4.69, 9.17) is 14.2 Å². The molecule has 3 aromatic carbocycles. The van der Waals surface area contributed by atoms with Crippen molar-refractivity contribution < 1.29 is 19.0 Å². The van der Waals surface area contributed by atoms with Gasteiger partial charge in [0.25, 0.3) is 5.91 Å². The van der Waals surface area contributed by atoms with Crippen LogP contribution in [0.2, 0.25) is 0 Å². The molecule has 0 saturated carbocycles. The molecule has 0 saturated heterocycles. The van der Waals surface area contributed by atoms with Crippen LogP contribution in [0.5, 0.6) is 17.2 Å². The van der Waals surface area contributed by atoms with Gasteiger partial charge in [-0.3, -0.25) is 4.79 Å². The van der Waals surface area contributed by atoms with Gasteiger partial charge in [-0.25, -0.2) is 5.43 Å². The molecule has 3 aromatic rings. The summed E-state index contributed by atoms with van der Waals surface area (Å²) in [5, 5.41) is 4.10. The van der Waals surface area contributed by atoms with Crippen LogP contribution in [0.4, 0.5) is 0 Å². The van der Waals surface area contributed by atoms with E-state index >= 15 is 0 Å². The molecule has 0 spiro atoms. The molecule has 1 N–H and O–H groups in total. The van der Waals surface area contributed by atoms with E-state index in [9.17, 15) is 4.79 Å². The zero-order chi connectivity index (χ0) is 23.3. The van der Waals surface area contributed by atoms with Gasteiger partial charge in [-0.2, -0.15) is 5.10 Å². The molecule has 3 rings (SSSR count). The first kappa shape index (κ1) is 23.9. The van der Waals surface area contributed by atoms with Gasteiger partial charge in [-0.15, -0.1) is 0 Å². The molecule has 172 valence electrons. The topological polar surface area (TPSA) is 69.2 Å². The molecule has 0 aliphatic carbocycles. The first-order valence-corrected chi connectivity index (χ1v) is 11.2. The zero-order valence-electron chi connectivity index (χ0n) is 19.1. The Kier molecular flexibility index (Phi) is 9.33. The third-order valence-corrected chi connectivity index (χ3v) is 4.65. The van der Waals surface area contributed by atoms with E-state index in [-0.39, 0.29) is 5.91 Å². The second-order valence-corrected chi connectivity index (χ2v) is 7.39. The van der Waals surface area contributed by atoms with E-state index in [1.165, 1.54) is 0 Å². The Morgan fingerprint density at radius 1 is 0.848 bits per heavy atom. The van der Waals surface area contributed by atoms with Crippen molar-refractivity contribution >= 4 is 12.1 Å². The molecule has 6 heteroatoms. The average Bonchev–Trinajstić information content (AvgIpc) is 2.86. The molecular weight excluding hydrogens is 416 g/mol. The maximum atomic E-state index is 12.4. The lowest BCUT2D eigenvalue weighted by Gasteiger charge is -2.11. The highest BCUT2D eigenvalue weighted by atomic mass is 16.5. The summed E-state index contributed by atoms with van der Waals surface area (Å²) in [6, 6.07) is 22.5. The van der Waals surface area contributed by atoms with Crippen LogP contribution in [0.15, 0.2) is 77.9 Å². The lowest BCUT2D eigenvalue weighted by Crippen LogP contribution is -2.17. The number of carbonyl (C=O) groups is 1. The van der Waals surface area contributed by atoms with Crippen molar-refractivity contribution in [2.45, 2.75) is 33.3 Å². The number of hydrazone groups is 1. The largest absolute Gasteiger partial charge is 0.493 e. The van der Waals surface area contributed by atoms with Gasteiger partial charge in [-0.1, -0.05) is 44.2 Å². The number of benzene rings is 3. The van der Waals surface area contributed by atoms with Crippen molar-refractivity contribution in [2.75, 3.05) is 13.2 Å². The lowest BCUT2D eigenvalue weighted by molar-refractivity contribution is 0.0955. The molecular formula is C27H30N2O4. The minimum Gasteiger partial charge on any atom is -0.493 e. The number of amides is 1. The predicted molar refractivity (Wildman–Crippen MR) is 130 cm³/mol. The highest BCUT2D eigenvalue weighted by Crippen LogP contribution is 2.24. The molecule has 33 heavy (non-hydrogen) atoms. The number of rotatable bonds is 12. The maximum absolute atomic E-state index is 12.4. The fourth-order valence-corrected chi connectivity index (χ4v) is 2.94. The molecule has 0 unspecified atom stereocenters. The molecule has 0 radical (unpaired) electrons. The van der Waals surface area contributed by atoms with Crippen LogP contribution in [-0.2, 0) is 6.61 Å². The van der Waals surface area contributed by atoms with Gasteiger partial charge >= 0.3 is 0 Å². The van der Waals surface area contributed by atoms with Crippen molar-refractivity contribution in [3.8, 4) is 17.2 Å². The fraction of sp³-hybridized carbons (Fsp3) is 0.259. The van der Waals surface area contributed by atoms with Crippen LogP contribution in [0.25, 0.3) is 0 Å². The van der Waals surface area contributed by atoms with E-state index in [2.05, 4.69) is 17.5 Å². The fourth-order valence-electron chi connectivity index (χ4n) is 2.94. The Bertz CT molecular complexity index is 1030. The van der Waals surface area contributed by atoms with Crippen LogP contribution < -0.4 is 19.6 Å². The van der Waals surface area contributed by atoms with Crippen LogP contribution in [-0.4, -0.2) is 25.3 Å². The standard InChI is InChI=1S/C27H30N2O4/c1-3-16-31-25-15-12-23(26(18-25)32-17-4-2)19-28-29-27(30)22-10-13-24(14-11-22)33-20-21-8-6-5-7-9-21/h5-15,18-19H,3-4,16-17,20H2,1-2H3,(H,29,30)/b28-19-. The van der Waals surface area contributed by atoms with Crippen molar-refractivity contribution in [2.24, 2.45) is 5.10 Å². The second kappa shape index (κ2) is 12.9. The van der Waals surface area contributed by atoms with Gasteiger partial charge in [0.1, 0.15) is 23.9 Å². The van der Waals surface area contributed by atoms with Crippen LogP contribution in [0.3, 0.4) is 0 Å². The van der Waals surface area contributed by atoms with E-state index in [1.54, 1.807) is 30.5 Å². The van der Waals surface area contributed by atoms with Gasteiger partial charge in [-0.05, 0) is 54.8 Å². The van der Waals surface area contributed by atoms with Gasteiger partial charge in [0.15, 0.2) is 0 Å². The van der Waals surface area contributed by atoms with E-state index in [0.29, 0.717) is 36.9 Å². The summed E-state index contributed by atoms with van der Waals surface area (Å²) < 4.78 is 17.3. The van der Waals surface area contributed by atoms with Crippen LogP contribution in [0.1, 0.15) is 48.2 Å². The highest BCUT2D eigenvalue weighted by Gasteiger charge is 2.07. The second-order valence-electron chi connectivity index (χ2n) is 7.39. The number of nitrogens with one attached hydrogen (secondary N) is 1.